The number of rotatable bonds is 13. The van der Waals surface area contributed by atoms with Gasteiger partial charge in [0.2, 0.25) is 0 Å². The Morgan fingerprint density at radius 3 is 1.85 bits per heavy atom. The SMILES string of the molecule is C#CCCCCCC(C)S(=O)(=O)O.C#CCCCCCOS(=O)(=O)CC. The quantitative estimate of drug-likeness (QED) is 0.217. The van der Waals surface area contributed by atoms with Crippen LogP contribution in [0.25, 0.3) is 0 Å². The van der Waals surface area contributed by atoms with Crippen LogP contribution in [0.5, 0.6) is 0 Å². The summed E-state index contributed by atoms with van der Waals surface area (Å²) in [7, 11) is -7.09. The largest absolute Gasteiger partial charge is 0.285 e. The van der Waals surface area contributed by atoms with Gasteiger partial charge in [0.15, 0.2) is 0 Å². The fourth-order valence-corrected chi connectivity index (χ4v) is 2.76. The molecule has 0 radical (unpaired) electrons. The first-order valence-corrected chi connectivity index (χ1v) is 11.9. The molecule has 0 aliphatic heterocycles. The Morgan fingerprint density at radius 2 is 1.42 bits per heavy atom. The summed E-state index contributed by atoms with van der Waals surface area (Å²) >= 11 is 0. The minimum absolute atomic E-state index is 0.0390. The van der Waals surface area contributed by atoms with Crippen molar-refractivity contribution >= 4 is 20.2 Å². The van der Waals surface area contributed by atoms with Crippen molar-refractivity contribution < 1.29 is 25.6 Å². The van der Waals surface area contributed by atoms with Crippen LogP contribution in [0.1, 0.15) is 71.6 Å². The first-order chi connectivity index (χ1) is 12.1. The van der Waals surface area contributed by atoms with Crippen LogP contribution in [0, 0.1) is 24.7 Å². The maximum Gasteiger partial charge on any atom is 0.267 e. The third-order valence-electron chi connectivity index (χ3n) is 3.52. The molecule has 0 aliphatic carbocycles. The molecule has 0 aromatic heterocycles. The molecule has 0 heterocycles. The Balaban J connectivity index is 0. The molecule has 0 aromatic rings. The molecule has 0 fully saturated rings. The summed E-state index contributed by atoms with van der Waals surface area (Å²) in [4.78, 5) is 0. The van der Waals surface area contributed by atoms with E-state index in [1.165, 1.54) is 6.92 Å². The van der Waals surface area contributed by atoms with Crippen molar-refractivity contribution in [3.05, 3.63) is 0 Å². The average molecular weight is 409 g/mol. The molecule has 0 saturated heterocycles. The highest BCUT2D eigenvalue weighted by molar-refractivity contribution is 7.86. The van der Waals surface area contributed by atoms with E-state index in [2.05, 4.69) is 16.0 Å². The summed E-state index contributed by atoms with van der Waals surface area (Å²) in [6.07, 6.45) is 17.3. The van der Waals surface area contributed by atoms with Gasteiger partial charge in [0.1, 0.15) is 0 Å². The lowest BCUT2D eigenvalue weighted by Crippen LogP contribution is -2.16. The molecule has 0 saturated carbocycles. The van der Waals surface area contributed by atoms with E-state index >= 15 is 0 Å². The zero-order valence-electron chi connectivity index (χ0n) is 15.8. The molecule has 0 aromatic carbocycles. The first-order valence-electron chi connectivity index (χ1n) is 8.81. The number of terminal acetylenes is 2. The zero-order chi connectivity index (χ0) is 20.5. The van der Waals surface area contributed by atoms with Crippen molar-refractivity contribution in [2.24, 2.45) is 0 Å². The van der Waals surface area contributed by atoms with E-state index in [1.807, 2.05) is 0 Å². The molecule has 1 unspecified atom stereocenters. The summed E-state index contributed by atoms with van der Waals surface area (Å²) in [5, 5.41) is -0.654. The highest BCUT2D eigenvalue weighted by Crippen LogP contribution is 2.10. The van der Waals surface area contributed by atoms with E-state index in [4.69, 9.17) is 17.4 Å². The van der Waals surface area contributed by atoms with Crippen LogP contribution in [0.15, 0.2) is 0 Å². The van der Waals surface area contributed by atoms with Crippen LogP contribution in [0.4, 0.5) is 0 Å². The van der Waals surface area contributed by atoms with Crippen LogP contribution in [0.3, 0.4) is 0 Å². The van der Waals surface area contributed by atoms with Gasteiger partial charge in [0.25, 0.3) is 20.2 Å². The van der Waals surface area contributed by atoms with Crippen molar-refractivity contribution in [2.45, 2.75) is 76.9 Å². The van der Waals surface area contributed by atoms with Crippen molar-refractivity contribution in [3.63, 3.8) is 0 Å². The molecule has 152 valence electrons. The van der Waals surface area contributed by atoms with Crippen LogP contribution >= 0.6 is 0 Å². The molecule has 0 rings (SSSR count). The van der Waals surface area contributed by atoms with Gasteiger partial charge < -0.3 is 0 Å². The monoisotopic (exact) mass is 408 g/mol. The third-order valence-corrected chi connectivity index (χ3v) is 6.01. The second-order valence-electron chi connectivity index (χ2n) is 5.81. The van der Waals surface area contributed by atoms with E-state index in [0.717, 1.165) is 51.4 Å². The Kier molecular flexibility index (Phi) is 16.9. The van der Waals surface area contributed by atoms with Gasteiger partial charge in [-0.15, -0.1) is 24.7 Å². The lowest BCUT2D eigenvalue weighted by molar-refractivity contribution is 0.308. The summed E-state index contributed by atoms with van der Waals surface area (Å²) in [5.41, 5.74) is 0. The predicted octanol–water partition coefficient (Wildman–Crippen LogP) is 3.39. The van der Waals surface area contributed by atoms with E-state index in [-0.39, 0.29) is 12.4 Å². The fraction of sp³-hybridized carbons (Fsp3) is 0.778. The van der Waals surface area contributed by atoms with Crippen molar-refractivity contribution in [2.75, 3.05) is 12.4 Å². The van der Waals surface area contributed by atoms with Crippen molar-refractivity contribution in [3.8, 4) is 24.7 Å². The van der Waals surface area contributed by atoms with E-state index in [0.29, 0.717) is 6.42 Å². The standard InChI is InChI=1S/2C9H16O3S/c1-3-4-5-6-7-8-9(2)13(10,11)12;1-3-5-6-7-8-9-12-13(10,11)4-2/h1,9H,4-8H2,2H3,(H,10,11,12);1H,4-9H2,2H3. The summed E-state index contributed by atoms with van der Waals surface area (Å²) in [6, 6.07) is 0. The zero-order valence-corrected chi connectivity index (χ0v) is 17.4. The van der Waals surface area contributed by atoms with Gasteiger partial charge in [0.05, 0.1) is 17.6 Å². The smallest absolute Gasteiger partial charge is 0.267 e. The van der Waals surface area contributed by atoms with Gasteiger partial charge in [-0.25, -0.2) is 0 Å². The molecule has 26 heavy (non-hydrogen) atoms. The Bertz CT molecular complexity index is 612. The van der Waals surface area contributed by atoms with Gasteiger partial charge in [0, 0.05) is 12.8 Å². The third kappa shape index (κ3) is 19.3. The molecule has 6 nitrogen and oxygen atoms in total. The van der Waals surface area contributed by atoms with E-state index in [9.17, 15) is 16.8 Å². The van der Waals surface area contributed by atoms with Crippen molar-refractivity contribution in [1.82, 2.24) is 0 Å². The Hall–Kier alpha value is -1.06. The van der Waals surface area contributed by atoms with Crippen LogP contribution in [0.2, 0.25) is 0 Å². The number of hydrogen-bond donors (Lipinski definition) is 1. The second kappa shape index (κ2) is 16.1. The highest BCUT2D eigenvalue weighted by Gasteiger charge is 2.15. The molecular weight excluding hydrogens is 376 g/mol. The Morgan fingerprint density at radius 1 is 0.923 bits per heavy atom. The lowest BCUT2D eigenvalue weighted by atomic mass is 10.1. The van der Waals surface area contributed by atoms with E-state index < -0.39 is 25.5 Å². The maximum atomic E-state index is 10.8. The van der Waals surface area contributed by atoms with Gasteiger partial charge in [-0.05, 0) is 39.5 Å². The van der Waals surface area contributed by atoms with Crippen molar-refractivity contribution in [1.29, 1.82) is 0 Å². The van der Waals surface area contributed by atoms with Gasteiger partial charge >= 0.3 is 0 Å². The molecule has 0 amide bonds. The molecule has 0 aliphatic rings. The van der Waals surface area contributed by atoms with Crippen LogP contribution in [-0.2, 0) is 24.4 Å². The summed E-state index contributed by atoms with van der Waals surface area (Å²) < 4.78 is 56.1. The second-order valence-corrected chi connectivity index (χ2v) is 9.58. The fourth-order valence-electron chi connectivity index (χ4n) is 1.76. The molecule has 1 atom stereocenters. The predicted molar refractivity (Wildman–Crippen MR) is 106 cm³/mol. The number of unbranched alkanes of at least 4 members (excludes halogenated alkanes) is 6. The minimum atomic E-state index is -3.84. The lowest BCUT2D eigenvalue weighted by Gasteiger charge is -2.06. The van der Waals surface area contributed by atoms with Gasteiger partial charge in [-0.3, -0.25) is 8.74 Å². The molecule has 1 N–H and O–H groups in total. The van der Waals surface area contributed by atoms with Gasteiger partial charge in [-0.2, -0.15) is 16.8 Å². The summed E-state index contributed by atoms with van der Waals surface area (Å²) in [5.74, 6) is 5.08. The first kappa shape index (κ1) is 27.2. The maximum absolute atomic E-state index is 10.8. The minimum Gasteiger partial charge on any atom is -0.285 e. The van der Waals surface area contributed by atoms with E-state index in [1.54, 1.807) is 6.92 Å². The number of hydrogen-bond acceptors (Lipinski definition) is 5. The van der Waals surface area contributed by atoms with Crippen LogP contribution < -0.4 is 0 Å². The average Bonchev–Trinajstić information content (AvgIpc) is 2.57. The van der Waals surface area contributed by atoms with Gasteiger partial charge in [-0.1, -0.05) is 19.3 Å². The molecule has 8 heteroatoms. The Labute approximate surface area is 160 Å². The van der Waals surface area contributed by atoms with Crippen LogP contribution in [-0.4, -0.2) is 39.0 Å². The summed E-state index contributed by atoms with van der Waals surface area (Å²) in [6.45, 7) is 3.35. The molecule has 0 spiro atoms. The molecule has 0 bridgehead atoms. The topological polar surface area (TPSA) is 97.7 Å². The highest BCUT2D eigenvalue weighted by atomic mass is 32.2. The normalized spacial score (nSPS) is 12.3. The molecular formula is C18H32O6S2.